The Balaban J connectivity index is 1.56. The van der Waals surface area contributed by atoms with Crippen molar-refractivity contribution in [3.8, 4) is 0 Å². The van der Waals surface area contributed by atoms with E-state index in [9.17, 15) is 9.18 Å². The van der Waals surface area contributed by atoms with E-state index in [1.165, 1.54) is 0 Å². The summed E-state index contributed by atoms with van der Waals surface area (Å²) in [7, 11) is 1.73. The van der Waals surface area contributed by atoms with E-state index in [1.54, 1.807) is 12.0 Å². The third-order valence-corrected chi connectivity index (χ3v) is 5.86. The standard InChI is InChI=1S/C12H18FNO2S/c1-16-9-5-11(17-6-9)7-14(8-11)10(15)12(13)3-2-4-12/h9H,2-8H2,1H3/t9-/m0/s1. The molecular weight excluding hydrogens is 241 g/mol. The van der Waals surface area contributed by atoms with Crippen LogP contribution in [0.5, 0.6) is 0 Å². The van der Waals surface area contributed by atoms with Gasteiger partial charge in [0.15, 0.2) is 5.67 Å². The van der Waals surface area contributed by atoms with Crippen molar-refractivity contribution < 1.29 is 13.9 Å². The van der Waals surface area contributed by atoms with Crippen LogP contribution in [0.25, 0.3) is 0 Å². The predicted octanol–water partition coefficient (Wildman–Crippen LogP) is 1.61. The monoisotopic (exact) mass is 259 g/mol. The number of carbonyl (C=O) groups excluding carboxylic acids is 1. The van der Waals surface area contributed by atoms with Gasteiger partial charge in [0.2, 0.25) is 0 Å². The summed E-state index contributed by atoms with van der Waals surface area (Å²) in [6.45, 7) is 1.42. The number of halogens is 1. The van der Waals surface area contributed by atoms with Gasteiger partial charge in [0.1, 0.15) is 0 Å². The maximum atomic E-state index is 14.0. The van der Waals surface area contributed by atoms with E-state index in [-0.39, 0.29) is 10.7 Å². The van der Waals surface area contributed by atoms with Gasteiger partial charge in [-0.25, -0.2) is 4.39 Å². The number of hydrogen-bond donors (Lipinski definition) is 0. The van der Waals surface area contributed by atoms with Crippen LogP contribution in [0.15, 0.2) is 0 Å². The lowest BCUT2D eigenvalue weighted by Gasteiger charge is -2.50. The Morgan fingerprint density at radius 2 is 2.18 bits per heavy atom. The van der Waals surface area contributed by atoms with Crippen molar-refractivity contribution in [2.45, 2.75) is 42.2 Å². The van der Waals surface area contributed by atoms with Crippen LogP contribution in [0.2, 0.25) is 0 Å². The van der Waals surface area contributed by atoms with Crippen LogP contribution in [0.3, 0.4) is 0 Å². The van der Waals surface area contributed by atoms with Gasteiger partial charge in [-0.1, -0.05) is 0 Å². The number of thioether (sulfide) groups is 1. The van der Waals surface area contributed by atoms with Gasteiger partial charge in [-0.3, -0.25) is 4.79 Å². The molecule has 0 aromatic rings. The molecule has 5 heteroatoms. The Labute approximate surface area is 105 Å². The number of rotatable bonds is 2. The molecule has 0 bridgehead atoms. The van der Waals surface area contributed by atoms with Gasteiger partial charge in [0.25, 0.3) is 5.91 Å². The molecule has 1 spiro atoms. The lowest BCUT2D eigenvalue weighted by atomic mass is 9.79. The molecule has 1 saturated carbocycles. The number of alkyl halides is 1. The van der Waals surface area contributed by atoms with Crippen molar-refractivity contribution in [3.05, 3.63) is 0 Å². The Bertz CT molecular complexity index is 339. The summed E-state index contributed by atoms with van der Waals surface area (Å²) >= 11 is 1.88. The molecule has 0 aromatic heterocycles. The fourth-order valence-corrected chi connectivity index (χ4v) is 4.54. The smallest absolute Gasteiger partial charge is 0.260 e. The fraction of sp³-hybridized carbons (Fsp3) is 0.917. The first kappa shape index (κ1) is 11.8. The number of likely N-dealkylation sites (tertiary alicyclic amines) is 1. The predicted molar refractivity (Wildman–Crippen MR) is 64.9 cm³/mol. The molecule has 17 heavy (non-hydrogen) atoms. The Hall–Kier alpha value is -0.290. The topological polar surface area (TPSA) is 29.5 Å². The van der Waals surface area contributed by atoms with E-state index in [4.69, 9.17) is 4.74 Å². The van der Waals surface area contributed by atoms with Crippen LogP contribution < -0.4 is 0 Å². The molecule has 1 atom stereocenters. The van der Waals surface area contributed by atoms with E-state index in [0.29, 0.717) is 32.0 Å². The Kier molecular flexibility index (Phi) is 2.67. The molecule has 3 nitrogen and oxygen atoms in total. The van der Waals surface area contributed by atoms with E-state index in [1.807, 2.05) is 11.8 Å². The highest BCUT2D eigenvalue weighted by atomic mass is 32.2. The number of nitrogens with zero attached hydrogens (tertiary/aromatic N) is 1. The molecule has 0 N–H and O–H groups in total. The molecule has 3 aliphatic rings. The molecule has 3 fully saturated rings. The van der Waals surface area contributed by atoms with Crippen molar-refractivity contribution in [1.82, 2.24) is 4.90 Å². The van der Waals surface area contributed by atoms with Gasteiger partial charge in [0.05, 0.1) is 10.9 Å². The van der Waals surface area contributed by atoms with Crippen LogP contribution in [0.1, 0.15) is 25.7 Å². The third kappa shape index (κ3) is 1.78. The number of methoxy groups -OCH3 is 1. The first-order chi connectivity index (χ1) is 8.07. The molecule has 1 amide bonds. The lowest BCUT2D eigenvalue weighted by molar-refractivity contribution is -0.155. The van der Waals surface area contributed by atoms with E-state index >= 15 is 0 Å². The second-order valence-electron chi connectivity index (χ2n) is 5.54. The van der Waals surface area contributed by atoms with Crippen molar-refractivity contribution in [3.63, 3.8) is 0 Å². The lowest BCUT2D eigenvalue weighted by Crippen LogP contribution is -2.65. The van der Waals surface area contributed by atoms with E-state index in [0.717, 1.165) is 18.6 Å². The minimum atomic E-state index is -1.52. The van der Waals surface area contributed by atoms with Crippen molar-refractivity contribution in [1.29, 1.82) is 0 Å². The first-order valence-corrected chi connectivity index (χ1v) is 7.21. The normalized spacial score (nSPS) is 33.3. The average molecular weight is 259 g/mol. The summed E-state index contributed by atoms with van der Waals surface area (Å²) in [5.41, 5.74) is -1.52. The third-order valence-electron chi connectivity index (χ3n) is 4.28. The molecule has 0 aromatic carbocycles. The summed E-state index contributed by atoms with van der Waals surface area (Å²) < 4.78 is 19.5. The quantitative estimate of drug-likeness (QED) is 0.754. The van der Waals surface area contributed by atoms with Gasteiger partial charge in [-0.05, 0) is 25.7 Å². The van der Waals surface area contributed by atoms with Crippen LogP contribution >= 0.6 is 11.8 Å². The van der Waals surface area contributed by atoms with Gasteiger partial charge >= 0.3 is 0 Å². The van der Waals surface area contributed by atoms with Gasteiger partial charge < -0.3 is 9.64 Å². The molecule has 2 heterocycles. The summed E-state index contributed by atoms with van der Waals surface area (Å²) in [5, 5.41) is 0. The minimum absolute atomic E-state index is 0.163. The van der Waals surface area contributed by atoms with Crippen LogP contribution in [0.4, 0.5) is 4.39 Å². The van der Waals surface area contributed by atoms with Crippen molar-refractivity contribution in [2.24, 2.45) is 0 Å². The Morgan fingerprint density at radius 1 is 1.47 bits per heavy atom. The SMILES string of the molecule is CO[C@@H]1CSC2(C1)CN(C(=O)C1(F)CCC1)C2. The molecule has 1 aliphatic carbocycles. The highest BCUT2D eigenvalue weighted by molar-refractivity contribution is 8.01. The van der Waals surface area contributed by atoms with Gasteiger partial charge in [-0.15, -0.1) is 11.8 Å². The second-order valence-corrected chi connectivity index (χ2v) is 7.02. The zero-order chi connectivity index (χ0) is 12.1. The highest BCUT2D eigenvalue weighted by Crippen LogP contribution is 2.48. The number of amides is 1. The van der Waals surface area contributed by atoms with Crippen LogP contribution in [-0.4, -0.2) is 53.3 Å². The summed E-state index contributed by atoms with van der Waals surface area (Å²) in [5.74, 6) is 0.732. The maximum absolute atomic E-state index is 14.0. The number of hydrogen-bond acceptors (Lipinski definition) is 3. The molecule has 2 saturated heterocycles. The molecular formula is C12H18FNO2S. The molecule has 96 valence electrons. The largest absolute Gasteiger partial charge is 0.381 e. The average Bonchev–Trinajstić information content (AvgIpc) is 2.67. The zero-order valence-corrected chi connectivity index (χ0v) is 10.9. The van der Waals surface area contributed by atoms with E-state index in [2.05, 4.69) is 0 Å². The van der Waals surface area contributed by atoms with Crippen LogP contribution in [0, 0.1) is 0 Å². The van der Waals surface area contributed by atoms with Gasteiger partial charge in [0, 0.05) is 26.0 Å². The van der Waals surface area contributed by atoms with Gasteiger partial charge in [-0.2, -0.15) is 0 Å². The first-order valence-electron chi connectivity index (χ1n) is 6.22. The van der Waals surface area contributed by atoms with E-state index < -0.39 is 5.67 Å². The summed E-state index contributed by atoms with van der Waals surface area (Å²) in [6, 6.07) is 0. The molecule has 0 unspecified atom stereocenters. The molecule has 0 radical (unpaired) electrons. The molecule has 3 rings (SSSR count). The van der Waals surface area contributed by atoms with Crippen LogP contribution in [-0.2, 0) is 9.53 Å². The number of carbonyl (C=O) groups is 1. The number of ether oxygens (including phenoxy) is 1. The summed E-state index contributed by atoms with van der Waals surface area (Å²) in [4.78, 5) is 13.6. The fourth-order valence-electron chi connectivity index (χ4n) is 2.95. The van der Waals surface area contributed by atoms with Crippen molar-refractivity contribution in [2.75, 3.05) is 26.0 Å². The second kappa shape index (κ2) is 3.85. The highest BCUT2D eigenvalue weighted by Gasteiger charge is 2.56. The Morgan fingerprint density at radius 3 is 2.65 bits per heavy atom. The molecule has 2 aliphatic heterocycles. The van der Waals surface area contributed by atoms with Crippen molar-refractivity contribution >= 4 is 17.7 Å². The maximum Gasteiger partial charge on any atom is 0.260 e. The summed E-state index contributed by atoms with van der Waals surface area (Å²) in [6.07, 6.45) is 2.99. The minimum Gasteiger partial charge on any atom is -0.381 e. The zero-order valence-electron chi connectivity index (χ0n) is 10.1.